The van der Waals surface area contributed by atoms with Crippen LogP contribution in [0, 0.1) is 34.5 Å². The van der Waals surface area contributed by atoms with E-state index >= 15 is 0 Å². The molecule has 3 aliphatic carbocycles. The van der Waals surface area contributed by atoms with E-state index in [2.05, 4.69) is 128 Å². The second-order valence-electron chi connectivity index (χ2n) is 20.6. The molecule has 0 aromatic carbocycles. The van der Waals surface area contributed by atoms with Crippen LogP contribution in [-0.2, 0) is 13.3 Å². The quantitative estimate of drug-likeness (QED) is 0.180. The van der Waals surface area contributed by atoms with Crippen LogP contribution in [0.3, 0.4) is 0 Å². The van der Waals surface area contributed by atoms with Crippen molar-refractivity contribution in [2.45, 2.75) is 182 Å². The number of rotatable bonds is 9. The summed E-state index contributed by atoms with van der Waals surface area (Å²) in [6.07, 6.45) is 8.81. The summed E-state index contributed by atoms with van der Waals surface area (Å²) >= 11 is 0. The Labute approximate surface area is 284 Å². The zero-order valence-electron chi connectivity index (χ0n) is 33.2. The Morgan fingerprint density at radius 1 is 0.711 bits per heavy atom. The van der Waals surface area contributed by atoms with Crippen molar-refractivity contribution in [2.24, 2.45) is 34.5 Å². The molecule has 0 bridgehead atoms. The van der Waals surface area contributed by atoms with Gasteiger partial charge in [0.25, 0.3) is 0 Å². The van der Waals surface area contributed by atoms with Crippen LogP contribution in [0.25, 0.3) is 0 Å². The summed E-state index contributed by atoms with van der Waals surface area (Å²) in [5.41, 5.74) is 5.34. The molecule has 0 spiro atoms. The minimum Gasteiger partial charge on any atom is -0.417 e. The minimum absolute atomic E-state index is 0.207. The molecule has 0 N–H and O–H groups in total. The Bertz CT molecular complexity index is 1080. The first-order valence-corrected chi connectivity index (χ1v) is 27.2. The van der Waals surface area contributed by atoms with Gasteiger partial charge in [-0.25, -0.2) is 0 Å². The second-order valence-corrected chi connectivity index (χ2v) is 35.0. The third-order valence-corrected chi connectivity index (χ3v) is 28.5. The molecule has 0 heterocycles. The molecule has 3 aliphatic rings. The molecule has 2 unspecified atom stereocenters. The normalized spacial score (nSPS) is 34.1. The molecule has 0 radical (unpaired) electrons. The largest absolute Gasteiger partial charge is 0.417 e. The second kappa shape index (κ2) is 13.1. The third kappa shape index (κ3) is 7.94. The molecule has 3 saturated carbocycles. The molecule has 0 saturated heterocycles. The van der Waals surface area contributed by atoms with Gasteiger partial charge in [-0.15, -0.1) is 5.73 Å². The van der Waals surface area contributed by atoms with Gasteiger partial charge in [-0.05, 0) is 139 Å². The van der Waals surface area contributed by atoms with Crippen molar-refractivity contribution in [1.29, 1.82) is 0 Å². The molecule has 0 amide bonds. The fourth-order valence-electron chi connectivity index (χ4n) is 8.32. The lowest BCUT2D eigenvalue weighted by Gasteiger charge is -2.58. The van der Waals surface area contributed by atoms with Gasteiger partial charge in [0.15, 0.2) is 25.0 Å². The smallest absolute Gasteiger partial charge is 0.192 e. The van der Waals surface area contributed by atoms with Crippen molar-refractivity contribution >= 4 is 25.0 Å². The van der Waals surface area contributed by atoms with E-state index in [1.807, 2.05) is 0 Å². The first-order chi connectivity index (χ1) is 20.1. The van der Waals surface area contributed by atoms with E-state index in [0.29, 0.717) is 29.8 Å². The maximum absolute atomic E-state index is 7.19. The summed E-state index contributed by atoms with van der Waals surface area (Å²) in [5.74, 6) is 2.33. The first kappa shape index (κ1) is 39.5. The molecule has 6 heteroatoms. The predicted molar refractivity (Wildman–Crippen MR) is 204 cm³/mol. The molecule has 0 aromatic heterocycles. The molecule has 3 fully saturated rings. The minimum atomic E-state index is -1.89. The maximum Gasteiger partial charge on any atom is 0.192 e. The summed E-state index contributed by atoms with van der Waals surface area (Å²) in [7, 11) is -5.65. The average Bonchev–Trinajstić information content (AvgIpc) is 3.21. The Balaban J connectivity index is 2.03. The highest BCUT2D eigenvalue weighted by atomic mass is 28.4. The molecule has 262 valence electrons. The van der Waals surface area contributed by atoms with Crippen molar-refractivity contribution in [3.05, 3.63) is 17.9 Å². The van der Waals surface area contributed by atoms with Crippen molar-refractivity contribution < 1.29 is 13.3 Å². The number of fused-ring (bicyclic) bond motifs is 1. The highest BCUT2D eigenvalue weighted by molar-refractivity contribution is 6.74. The molecular formula is C39H76O3Si3. The van der Waals surface area contributed by atoms with Gasteiger partial charge in [0.1, 0.15) is 0 Å². The van der Waals surface area contributed by atoms with E-state index in [1.165, 1.54) is 37.7 Å². The van der Waals surface area contributed by atoms with Crippen LogP contribution in [-0.4, -0.2) is 44.3 Å². The Hall–Kier alpha value is 0.0506. The standard InChI is InChI=1S/C39H76O3Si3/c1-19-29-20-21-33-32(28-41-44(15,16)36(5,6)7)34(23-25-38(29,33)11)39(12)24-22-31(42-45(17,18)37(8,9)10)26-30(39)27-40-43(13,14)35(2,3)4/h30-34H,1,20-28H2,2-18H3/t30-,31+,32+,33?,34?,38-,39+/m1/s1. The molecule has 0 aliphatic heterocycles. The topological polar surface area (TPSA) is 27.7 Å². The molecule has 3 nitrogen and oxygen atoms in total. The Morgan fingerprint density at radius 3 is 1.71 bits per heavy atom. The molecule has 45 heavy (non-hydrogen) atoms. The summed E-state index contributed by atoms with van der Waals surface area (Å²) in [5, 5.41) is 0.642. The van der Waals surface area contributed by atoms with Crippen LogP contribution in [0.4, 0.5) is 0 Å². The summed E-state index contributed by atoms with van der Waals surface area (Å²) in [4.78, 5) is 0. The van der Waals surface area contributed by atoms with Crippen molar-refractivity contribution in [1.82, 2.24) is 0 Å². The number of allylic oxidation sites excluding steroid dienone is 1. The van der Waals surface area contributed by atoms with Crippen LogP contribution < -0.4 is 0 Å². The van der Waals surface area contributed by atoms with E-state index < -0.39 is 25.0 Å². The van der Waals surface area contributed by atoms with Gasteiger partial charge in [0.05, 0.1) is 0 Å². The molecule has 7 atom stereocenters. The predicted octanol–water partition coefficient (Wildman–Crippen LogP) is 12.4. The average molecular weight is 677 g/mol. The number of hydrogen-bond donors (Lipinski definition) is 0. The van der Waals surface area contributed by atoms with Crippen LogP contribution in [0.5, 0.6) is 0 Å². The monoisotopic (exact) mass is 677 g/mol. The van der Waals surface area contributed by atoms with Gasteiger partial charge >= 0.3 is 0 Å². The van der Waals surface area contributed by atoms with Gasteiger partial charge < -0.3 is 13.3 Å². The van der Waals surface area contributed by atoms with E-state index in [9.17, 15) is 0 Å². The SMILES string of the molecule is C=C=C1CCC2[C@H](CO[Si](C)(C)C(C)(C)C)C([C@@]3(C)CC[C@H](O[Si](C)(C)C(C)(C)C)C[C@@H]3CO[Si](C)(C)C(C)(C)C)CC[C@]12C. The maximum atomic E-state index is 7.19. The first-order valence-electron chi connectivity index (χ1n) is 18.5. The van der Waals surface area contributed by atoms with Crippen molar-refractivity contribution in [3.8, 4) is 0 Å². The van der Waals surface area contributed by atoms with Gasteiger partial charge in [-0.2, -0.15) is 0 Å². The van der Waals surface area contributed by atoms with Gasteiger partial charge in [0.2, 0.25) is 0 Å². The lowest BCUT2D eigenvalue weighted by molar-refractivity contribution is -0.0999. The van der Waals surface area contributed by atoms with Gasteiger partial charge in [0, 0.05) is 19.3 Å². The highest BCUT2D eigenvalue weighted by Crippen LogP contribution is 2.64. The van der Waals surface area contributed by atoms with Crippen molar-refractivity contribution in [3.63, 3.8) is 0 Å². The third-order valence-electron chi connectivity index (χ3n) is 14.9. The van der Waals surface area contributed by atoms with Crippen LogP contribution in [0.2, 0.25) is 54.4 Å². The number of hydrogen-bond acceptors (Lipinski definition) is 3. The van der Waals surface area contributed by atoms with E-state index in [0.717, 1.165) is 26.1 Å². The van der Waals surface area contributed by atoms with Crippen LogP contribution in [0.1, 0.15) is 121 Å². The highest BCUT2D eigenvalue weighted by Gasteiger charge is 2.58. The fraction of sp³-hybridized carbons (Fsp3) is 0.923. The van der Waals surface area contributed by atoms with E-state index in [1.54, 1.807) is 0 Å². The van der Waals surface area contributed by atoms with Crippen LogP contribution >= 0.6 is 0 Å². The van der Waals surface area contributed by atoms with Crippen molar-refractivity contribution in [2.75, 3.05) is 13.2 Å². The summed E-state index contributed by atoms with van der Waals surface area (Å²) in [6, 6.07) is 0. The van der Waals surface area contributed by atoms with Gasteiger partial charge in [-0.3, -0.25) is 0 Å². The van der Waals surface area contributed by atoms with E-state index in [-0.39, 0.29) is 25.9 Å². The zero-order chi connectivity index (χ0) is 34.7. The van der Waals surface area contributed by atoms with Gasteiger partial charge in [-0.1, -0.05) is 82.7 Å². The molecule has 0 aromatic rings. The zero-order valence-corrected chi connectivity index (χ0v) is 36.2. The molecule has 3 rings (SSSR count). The molecular weight excluding hydrogens is 601 g/mol. The summed E-state index contributed by atoms with van der Waals surface area (Å²) < 4.78 is 21.5. The van der Waals surface area contributed by atoms with Crippen LogP contribution in [0.15, 0.2) is 17.9 Å². The Morgan fingerprint density at radius 2 is 1.22 bits per heavy atom. The Kier molecular flexibility index (Phi) is 11.5. The fourth-order valence-corrected chi connectivity index (χ4v) is 11.8. The summed E-state index contributed by atoms with van der Waals surface area (Å²) in [6.45, 7) is 47.2. The van der Waals surface area contributed by atoms with E-state index in [4.69, 9.17) is 13.3 Å². The lowest BCUT2D eigenvalue weighted by Crippen LogP contribution is -2.55. The lowest BCUT2D eigenvalue weighted by atomic mass is 9.49.